The third kappa shape index (κ3) is 3.69. The maximum atomic E-state index is 14.1. The van der Waals surface area contributed by atoms with Gasteiger partial charge in [0.2, 0.25) is 0 Å². The fourth-order valence-corrected chi connectivity index (χ4v) is 2.25. The van der Waals surface area contributed by atoms with Crippen molar-refractivity contribution in [1.29, 1.82) is 0 Å². The first-order valence-corrected chi connectivity index (χ1v) is 6.39. The molecule has 1 N–H and O–H groups in total. The monoisotopic (exact) mass is 342 g/mol. The Hall–Kier alpha value is -2.39. The second-order valence-electron chi connectivity index (χ2n) is 4.84. The van der Waals surface area contributed by atoms with Crippen molar-refractivity contribution < 1.29 is 13.9 Å². The van der Waals surface area contributed by atoms with E-state index < -0.39 is 17.2 Å². The van der Waals surface area contributed by atoms with Gasteiger partial charge in [-0.2, -0.15) is 10.2 Å². The molecule has 0 atom stereocenters. The number of hydrogen-bond donors (Lipinski definition) is 1. The second-order valence-corrected chi connectivity index (χ2v) is 4.84. The van der Waals surface area contributed by atoms with Crippen molar-refractivity contribution in [3.8, 4) is 0 Å². The highest BCUT2D eigenvalue weighted by Gasteiger charge is 2.34. The van der Waals surface area contributed by atoms with Crippen LogP contribution in [-0.2, 0) is 18.7 Å². The van der Waals surface area contributed by atoms with Crippen LogP contribution in [0.2, 0.25) is 0 Å². The molecule has 0 aliphatic carbocycles. The number of aromatic nitrogens is 6. The lowest BCUT2D eigenvalue weighted by molar-refractivity contribution is -0.00855. The maximum Gasteiger partial charge on any atom is 0.137 e. The van der Waals surface area contributed by atoms with Crippen molar-refractivity contribution >= 4 is 12.4 Å². The minimum Gasteiger partial charge on any atom is -0.381 e. The van der Waals surface area contributed by atoms with E-state index in [1.165, 1.54) is 40.7 Å². The van der Waals surface area contributed by atoms with E-state index in [4.69, 9.17) is 0 Å². The standard InChI is InChI=1S/C13H12F2N6O.ClH/c14-10-1-2-11(12(15)3-10)13(22,4-20-8-16-6-18-20)5-21-9-17-7-19-21;/h1-3,6-9,22H,4-5H2;1H. The van der Waals surface area contributed by atoms with Crippen molar-refractivity contribution in [2.75, 3.05) is 0 Å². The van der Waals surface area contributed by atoms with Gasteiger partial charge in [0, 0.05) is 11.6 Å². The zero-order valence-corrected chi connectivity index (χ0v) is 12.6. The first-order chi connectivity index (χ1) is 10.6. The smallest absolute Gasteiger partial charge is 0.137 e. The Bertz CT molecular complexity index is 714. The largest absolute Gasteiger partial charge is 0.381 e. The van der Waals surface area contributed by atoms with Crippen molar-refractivity contribution in [2.45, 2.75) is 18.7 Å². The van der Waals surface area contributed by atoms with Gasteiger partial charge < -0.3 is 5.11 Å². The van der Waals surface area contributed by atoms with Crippen LogP contribution in [0.5, 0.6) is 0 Å². The van der Waals surface area contributed by atoms with Crippen molar-refractivity contribution in [3.63, 3.8) is 0 Å². The van der Waals surface area contributed by atoms with Gasteiger partial charge in [0.15, 0.2) is 0 Å². The summed E-state index contributed by atoms with van der Waals surface area (Å²) in [5, 5.41) is 18.8. The summed E-state index contributed by atoms with van der Waals surface area (Å²) < 4.78 is 29.9. The molecule has 0 saturated carbocycles. The van der Waals surface area contributed by atoms with Crippen LogP contribution in [0.4, 0.5) is 8.78 Å². The Kier molecular flexibility index (Phi) is 5.02. The van der Waals surface area contributed by atoms with Gasteiger partial charge in [-0.25, -0.2) is 28.1 Å². The van der Waals surface area contributed by atoms with E-state index in [1.807, 2.05) is 0 Å². The molecular weight excluding hydrogens is 330 g/mol. The predicted molar refractivity (Wildman–Crippen MR) is 77.5 cm³/mol. The first-order valence-electron chi connectivity index (χ1n) is 6.39. The molecule has 0 spiro atoms. The molecule has 7 nitrogen and oxygen atoms in total. The SMILES string of the molecule is Cl.OC(Cn1cncn1)(Cn1cncn1)c1ccc(F)cc1F. The molecule has 10 heteroatoms. The van der Waals surface area contributed by atoms with Crippen LogP contribution in [-0.4, -0.2) is 34.6 Å². The fourth-order valence-electron chi connectivity index (χ4n) is 2.25. The summed E-state index contributed by atoms with van der Waals surface area (Å²) in [6, 6.07) is 3.02. The third-order valence-corrected chi connectivity index (χ3v) is 3.21. The highest BCUT2D eigenvalue weighted by molar-refractivity contribution is 5.85. The summed E-state index contributed by atoms with van der Waals surface area (Å²) in [5.74, 6) is -1.56. The average molecular weight is 343 g/mol. The maximum absolute atomic E-state index is 14.1. The Morgan fingerprint density at radius 1 is 1.00 bits per heavy atom. The summed E-state index contributed by atoms with van der Waals surface area (Å²) >= 11 is 0. The molecule has 2 heterocycles. The number of halogens is 3. The lowest BCUT2D eigenvalue weighted by Gasteiger charge is -2.28. The Labute approximate surface area is 136 Å². The number of hydrogen-bond acceptors (Lipinski definition) is 5. The quantitative estimate of drug-likeness (QED) is 0.752. The summed E-state index contributed by atoms with van der Waals surface area (Å²) in [6.07, 6.45) is 5.40. The molecule has 0 amide bonds. The van der Waals surface area contributed by atoms with E-state index in [-0.39, 0.29) is 31.1 Å². The molecule has 3 aromatic rings. The zero-order chi connectivity index (χ0) is 15.6. The number of rotatable bonds is 5. The summed E-state index contributed by atoms with van der Waals surface area (Å²) in [4.78, 5) is 7.57. The molecule has 0 unspecified atom stereocenters. The zero-order valence-electron chi connectivity index (χ0n) is 11.8. The normalized spacial score (nSPS) is 11.3. The molecule has 0 radical (unpaired) electrons. The molecule has 3 rings (SSSR count). The van der Waals surface area contributed by atoms with Crippen LogP contribution in [0.1, 0.15) is 5.56 Å². The molecule has 0 bridgehead atoms. The van der Waals surface area contributed by atoms with Crippen molar-refractivity contribution in [1.82, 2.24) is 29.5 Å². The van der Waals surface area contributed by atoms with Gasteiger partial charge in [-0.3, -0.25) is 0 Å². The van der Waals surface area contributed by atoms with E-state index in [9.17, 15) is 13.9 Å². The van der Waals surface area contributed by atoms with Crippen LogP contribution in [0.25, 0.3) is 0 Å². The summed E-state index contributed by atoms with van der Waals surface area (Å²) in [5.41, 5.74) is -1.75. The molecular formula is C13H13ClF2N6O. The Balaban J connectivity index is 0.00000192. The predicted octanol–water partition coefficient (Wildman–Crippen LogP) is 1.16. The fraction of sp³-hybridized carbons (Fsp3) is 0.231. The van der Waals surface area contributed by atoms with Gasteiger partial charge in [-0.05, 0) is 6.07 Å². The number of benzene rings is 1. The molecule has 1 aromatic carbocycles. The van der Waals surface area contributed by atoms with Gasteiger partial charge in [-0.1, -0.05) is 6.07 Å². The minimum absolute atomic E-state index is 0. The molecule has 0 aliphatic heterocycles. The molecule has 0 aliphatic rings. The van der Waals surface area contributed by atoms with Crippen LogP contribution < -0.4 is 0 Å². The second kappa shape index (κ2) is 6.80. The molecule has 122 valence electrons. The topological polar surface area (TPSA) is 81.6 Å². The lowest BCUT2D eigenvalue weighted by Crippen LogP contribution is -2.37. The van der Waals surface area contributed by atoms with E-state index in [1.54, 1.807) is 0 Å². The Morgan fingerprint density at radius 2 is 1.57 bits per heavy atom. The van der Waals surface area contributed by atoms with Gasteiger partial charge >= 0.3 is 0 Å². The summed E-state index contributed by atoms with van der Waals surface area (Å²) in [6.45, 7) is -0.148. The first kappa shape index (κ1) is 17.0. The number of aliphatic hydroxyl groups is 1. The third-order valence-electron chi connectivity index (χ3n) is 3.21. The van der Waals surface area contributed by atoms with Gasteiger partial charge in [-0.15, -0.1) is 12.4 Å². The van der Waals surface area contributed by atoms with Crippen molar-refractivity contribution in [3.05, 3.63) is 60.7 Å². The van der Waals surface area contributed by atoms with Gasteiger partial charge in [0.05, 0.1) is 13.1 Å². The minimum atomic E-state index is -1.70. The highest BCUT2D eigenvalue weighted by Crippen LogP contribution is 2.28. The van der Waals surface area contributed by atoms with Gasteiger partial charge in [0.25, 0.3) is 0 Å². The van der Waals surface area contributed by atoms with E-state index in [2.05, 4.69) is 20.2 Å². The lowest BCUT2D eigenvalue weighted by atomic mass is 9.93. The van der Waals surface area contributed by atoms with E-state index in [0.29, 0.717) is 0 Å². The molecule has 2 aromatic heterocycles. The molecule has 0 fully saturated rings. The van der Waals surface area contributed by atoms with Crippen LogP contribution >= 0.6 is 12.4 Å². The van der Waals surface area contributed by atoms with Crippen molar-refractivity contribution in [2.24, 2.45) is 0 Å². The van der Waals surface area contributed by atoms with E-state index in [0.717, 1.165) is 12.1 Å². The van der Waals surface area contributed by atoms with E-state index >= 15 is 0 Å². The molecule has 23 heavy (non-hydrogen) atoms. The van der Waals surface area contributed by atoms with Crippen LogP contribution in [0.3, 0.4) is 0 Å². The summed E-state index contributed by atoms with van der Waals surface area (Å²) in [7, 11) is 0. The van der Waals surface area contributed by atoms with Crippen LogP contribution in [0.15, 0.2) is 43.5 Å². The Morgan fingerprint density at radius 3 is 2.00 bits per heavy atom. The average Bonchev–Trinajstić information content (AvgIpc) is 3.12. The van der Waals surface area contributed by atoms with Gasteiger partial charge in [0.1, 0.15) is 42.5 Å². The number of nitrogens with zero attached hydrogens (tertiary/aromatic N) is 6. The molecule has 0 saturated heterocycles. The highest BCUT2D eigenvalue weighted by atomic mass is 35.5. The van der Waals surface area contributed by atoms with Crippen LogP contribution in [0, 0.1) is 11.6 Å².